The van der Waals surface area contributed by atoms with Crippen LogP contribution in [0.3, 0.4) is 0 Å². The van der Waals surface area contributed by atoms with Gasteiger partial charge in [-0.15, -0.1) is 0 Å². The average Bonchev–Trinajstić information content (AvgIpc) is 2.42. The SMILES string of the molecule is COC(=O)C(C1CCN(C)CC1)N1CCCCC1. The van der Waals surface area contributed by atoms with Gasteiger partial charge in [-0.25, -0.2) is 0 Å². The van der Waals surface area contributed by atoms with Crippen molar-refractivity contribution >= 4 is 5.97 Å². The van der Waals surface area contributed by atoms with Crippen molar-refractivity contribution in [1.29, 1.82) is 0 Å². The fourth-order valence-corrected chi connectivity index (χ4v) is 3.30. The van der Waals surface area contributed by atoms with E-state index in [4.69, 9.17) is 4.74 Å². The molecule has 4 heteroatoms. The number of rotatable bonds is 3. The molecule has 104 valence electrons. The van der Waals surface area contributed by atoms with Gasteiger partial charge in [-0.05, 0) is 64.8 Å². The maximum absolute atomic E-state index is 12.1. The summed E-state index contributed by atoms with van der Waals surface area (Å²) in [6, 6.07) is 0.00370. The van der Waals surface area contributed by atoms with Crippen molar-refractivity contribution in [3.8, 4) is 0 Å². The molecule has 18 heavy (non-hydrogen) atoms. The van der Waals surface area contributed by atoms with Gasteiger partial charge in [0.15, 0.2) is 0 Å². The van der Waals surface area contributed by atoms with Crippen LogP contribution in [-0.2, 0) is 9.53 Å². The molecule has 4 nitrogen and oxygen atoms in total. The molecule has 2 aliphatic heterocycles. The lowest BCUT2D eigenvalue weighted by atomic mass is 9.87. The van der Waals surface area contributed by atoms with Crippen molar-refractivity contribution in [2.45, 2.75) is 38.1 Å². The summed E-state index contributed by atoms with van der Waals surface area (Å²) in [7, 11) is 3.68. The van der Waals surface area contributed by atoms with E-state index >= 15 is 0 Å². The molecular formula is C14H26N2O2. The van der Waals surface area contributed by atoms with Gasteiger partial charge in [-0.1, -0.05) is 6.42 Å². The molecule has 0 aromatic heterocycles. The quantitative estimate of drug-likeness (QED) is 0.712. The minimum Gasteiger partial charge on any atom is -0.468 e. The van der Waals surface area contributed by atoms with Crippen molar-refractivity contribution in [3.63, 3.8) is 0 Å². The number of hydrogen-bond donors (Lipinski definition) is 0. The first-order valence-electron chi connectivity index (χ1n) is 7.23. The lowest BCUT2D eigenvalue weighted by Gasteiger charge is -2.40. The van der Waals surface area contributed by atoms with Crippen molar-refractivity contribution in [2.24, 2.45) is 5.92 Å². The second-order valence-corrected chi connectivity index (χ2v) is 5.71. The number of piperidine rings is 2. The van der Waals surface area contributed by atoms with Crippen LogP contribution in [0.4, 0.5) is 0 Å². The zero-order chi connectivity index (χ0) is 13.0. The number of esters is 1. The molecule has 2 heterocycles. The van der Waals surface area contributed by atoms with Crippen LogP contribution in [0.5, 0.6) is 0 Å². The normalized spacial score (nSPS) is 25.9. The van der Waals surface area contributed by atoms with Crippen LogP contribution in [0.25, 0.3) is 0 Å². The highest BCUT2D eigenvalue weighted by atomic mass is 16.5. The van der Waals surface area contributed by atoms with E-state index in [2.05, 4.69) is 16.8 Å². The van der Waals surface area contributed by atoms with Gasteiger partial charge < -0.3 is 9.64 Å². The van der Waals surface area contributed by atoms with E-state index in [1.807, 2.05) is 0 Å². The Balaban J connectivity index is 2.01. The first-order valence-corrected chi connectivity index (χ1v) is 7.23. The molecule has 1 atom stereocenters. The summed E-state index contributed by atoms with van der Waals surface area (Å²) < 4.78 is 5.05. The molecule has 0 saturated carbocycles. The standard InChI is InChI=1S/C14H26N2O2/c1-15-10-6-12(7-11-15)13(14(17)18-2)16-8-4-3-5-9-16/h12-13H,3-11H2,1-2H3. The minimum atomic E-state index is -0.0218. The van der Waals surface area contributed by atoms with Gasteiger partial charge in [-0.2, -0.15) is 0 Å². The van der Waals surface area contributed by atoms with Gasteiger partial charge in [0.1, 0.15) is 6.04 Å². The van der Waals surface area contributed by atoms with Crippen molar-refractivity contribution < 1.29 is 9.53 Å². The first kappa shape index (κ1) is 13.8. The second kappa shape index (κ2) is 6.53. The predicted molar refractivity (Wildman–Crippen MR) is 71.4 cm³/mol. The smallest absolute Gasteiger partial charge is 0.323 e. The van der Waals surface area contributed by atoms with Crippen LogP contribution >= 0.6 is 0 Å². The third-order valence-electron chi connectivity index (χ3n) is 4.44. The van der Waals surface area contributed by atoms with Crippen LogP contribution in [0.15, 0.2) is 0 Å². The number of ether oxygens (including phenoxy) is 1. The summed E-state index contributed by atoms with van der Waals surface area (Å²) in [4.78, 5) is 16.8. The zero-order valence-corrected chi connectivity index (χ0v) is 11.7. The van der Waals surface area contributed by atoms with Crippen molar-refractivity contribution in [1.82, 2.24) is 9.80 Å². The van der Waals surface area contributed by atoms with Gasteiger partial charge in [0.25, 0.3) is 0 Å². The van der Waals surface area contributed by atoms with E-state index in [1.54, 1.807) is 0 Å². The van der Waals surface area contributed by atoms with Crippen LogP contribution in [0.2, 0.25) is 0 Å². The lowest BCUT2D eigenvalue weighted by Crippen LogP contribution is -2.51. The number of hydrogen-bond acceptors (Lipinski definition) is 4. The lowest BCUT2D eigenvalue weighted by molar-refractivity contribution is -0.150. The molecule has 0 N–H and O–H groups in total. The van der Waals surface area contributed by atoms with Gasteiger partial charge in [0, 0.05) is 0 Å². The Morgan fingerprint density at radius 3 is 2.28 bits per heavy atom. The number of carbonyl (C=O) groups excluding carboxylic acids is 1. The number of carbonyl (C=O) groups is 1. The summed E-state index contributed by atoms with van der Waals surface area (Å²) in [5.74, 6) is 0.457. The summed E-state index contributed by atoms with van der Waals surface area (Å²) in [6.07, 6.45) is 5.98. The summed E-state index contributed by atoms with van der Waals surface area (Å²) in [6.45, 7) is 4.33. The third-order valence-corrected chi connectivity index (χ3v) is 4.44. The summed E-state index contributed by atoms with van der Waals surface area (Å²) >= 11 is 0. The van der Waals surface area contributed by atoms with E-state index in [0.717, 1.165) is 39.0 Å². The van der Waals surface area contributed by atoms with E-state index in [9.17, 15) is 4.79 Å². The minimum absolute atomic E-state index is 0.00370. The Hall–Kier alpha value is -0.610. The molecular weight excluding hydrogens is 228 g/mol. The number of methoxy groups -OCH3 is 1. The molecule has 2 fully saturated rings. The summed E-state index contributed by atoms with van der Waals surface area (Å²) in [5, 5.41) is 0. The molecule has 2 rings (SSSR count). The monoisotopic (exact) mass is 254 g/mol. The Bertz CT molecular complexity index is 269. The van der Waals surface area contributed by atoms with Gasteiger partial charge in [0.2, 0.25) is 0 Å². The molecule has 1 unspecified atom stereocenters. The molecule has 0 radical (unpaired) electrons. The molecule has 0 bridgehead atoms. The molecule has 0 aliphatic carbocycles. The zero-order valence-electron chi connectivity index (χ0n) is 11.7. The Kier molecular flexibility index (Phi) is 5.01. The molecule has 0 aromatic carbocycles. The van der Waals surface area contributed by atoms with E-state index < -0.39 is 0 Å². The fraction of sp³-hybridized carbons (Fsp3) is 0.929. The summed E-state index contributed by atoms with van der Waals surface area (Å²) in [5.41, 5.74) is 0. The van der Waals surface area contributed by atoms with Gasteiger partial charge >= 0.3 is 5.97 Å². The molecule has 0 amide bonds. The largest absolute Gasteiger partial charge is 0.468 e. The van der Waals surface area contributed by atoms with Crippen molar-refractivity contribution in [2.75, 3.05) is 40.3 Å². The van der Waals surface area contributed by atoms with E-state index in [1.165, 1.54) is 26.4 Å². The van der Waals surface area contributed by atoms with Crippen molar-refractivity contribution in [3.05, 3.63) is 0 Å². The maximum Gasteiger partial charge on any atom is 0.323 e. The molecule has 2 aliphatic rings. The highest BCUT2D eigenvalue weighted by Crippen LogP contribution is 2.26. The van der Waals surface area contributed by atoms with Crippen LogP contribution in [0, 0.1) is 5.92 Å². The fourth-order valence-electron chi connectivity index (χ4n) is 3.30. The topological polar surface area (TPSA) is 32.8 Å². The Labute approximate surface area is 110 Å². The Morgan fingerprint density at radius 1 is 1.11 bits per heavy atom. The van der Waals surface area contributed by atoms with E-state index in [0.29, 0.717) is 5.92 Å². The van der Waals surface area contributed by atoms with Gasteiger partial charge in [0.05, 0.1) is 7.11 Å². The highest BCUT2D eigenvalue weighted by Gasteiger charge is 2.36. The van der Waals surface area contributed by atoms with Crippen LogP contribution < -0.4 is 0 Å². The Morgan fingerprint density at radius 2 is 1.72 bits per heavy atom. The molecule has 0 aromatic rings. The first-order chi connectivity index (χ1) is 8.72. The molecule has 2 saturated heterocycles. The van der Waals surface area contributed by atoms with Crippen LogP contribution in [0.1, 0.15) is 32.1 Å². The predicted octanol–water partition coefficient (Wildman–Crippen LogP) is 1.36. The van der Waals surface area contributed by atoms with Gasteiger partial charge in [-0.3, -0.25) is 9.69 Å². The third kappa shape index (κ3) is 3.23. The number of likely N-dealkylation sites (tertiary alicyclic amines) is 2. The van der Waals surface area contributed by atoms with E-state index in [-0.39, 0.29) is 12.0 Å². The molecule has 0 spiro atoms. The maximum atomic E-state index is 12.1. The number of nitrogens with zero attached hydrogens (tertiary/aromatic N) is 2. The average molecular weight is 254 g/mol. The highest BCUT2D eigenvalue weighted by molar-refractivity contribution is 5.76. The van der Waals surface area contributed by atoms with Crippen LogP contribution in [-0.4, -0.2) is 62.1 Å². The second-order valence-electron chi connectivity index (χ2n) is 5.71.